The zero-order valence-corrected chi connectivity index (χ0v) is 8.10. The Morgan fingerprint density at radius 1 is 1.53 bits per heavy atom. The Hall–Kier alpha value is -2.04. The lowest BCUT2D eigenvalue weighted by Gasteiger charge is -2.02. The Morgan fingerprint density at radius 2 is 2.33 bits per heavy atom. The van der Waals surface area contributed by atoms with E-state index in [1.807, 2.05) is 6.92 Å². The molecule has 0 saturated heterocycles. The normalized spacial score (nSPS) is 12.7. The number of hydrogen-bond acceptors (Lipinski definition) is 3. The second-order valence-corrected chi connectivity index (χ2v) is 2.92. The number of hydrogen-bond donors (Lipinski definition) is 1. The van der Waals surface area contributed by atoms with Gasteiger partial charge in [-0.25, -0.2) is 4.79 Å². The second kappa shape index (κ2) is 3.61. The lowest BCUT2D eigenvalue weighted by atomic mass is 10.1. The highest BCUT2D eigenvalue weighted by Gasteiger charge is 2.22. The quantitative estimate of drug-likeness (QED) is 0.797. The van der Waals surface area contributed by atoms with Crippen molar-refractivity contribution in [3.8, 4) is 0 Å². The Labute approximate surface area is 86.4 Å². The van der Waals surface area contributed by atoms with Gasteiger partial charge in [-0.05, 0) is 19.1 Å². The predicted molar refractivity (Wildman–Crippen MR) is 53.9 cm³/mol. The smallest absolute Gasteiger partial charge is 0.337 e. The first-order valence-electron chi connectivity index (χ1n) is 4.52. The Balaban J connectivity index is 2.36. The van der Waals surface area contributed by atoms with Crippen molar-refractivity contribution in [1.29, 1.82) is 0 Å². The molecule has 1 radical (unpaired) electrons. The highest BCUT2D eigenvalue weighted by atomic mass is 16.5. The molecule has 1 aliphatic heterocycles. The first-order valence-corrected chi connectivity index (χ1v) is 4.52. The van der Waals surface area contributed by atoms with E-state index in [-0.39, 0.29) is 11.6 Å². The number of benzene rings is 1. The van der Waals surface area contributed by atoms with Crippen LogP contribution in [-0.4, -0.2) is 23.7 Å². The maximum absolute atomic E-state index is 10.9. The molecular formula is C10H9N2O3. The van der Waals surface area contributed by atoms with Crippen molar-refractivity contribution >= 4 is 23.4 Å². The van der Waals surface area contributed by atoms with Gasteiger partial charge in [0.05, 0.1) is 17.9 Å². The lowest BCUT2D eigenvalue weighted by molar-refractivity contribution is 0.0697. The van der Waals surface area contributed by atoms with Gasteiger partial charge >= 0.3 is 12.0 Å². The molecule has 0 amide bonds. The fourth-order valence-corrected chi connectivity index (χ4v) is 1.33. The molecule has 2 rings (SSSR count). The number of carboxylic acids is 1. The monoisotopic (exact) mass is 205 g/mol. The first-order chi connectivity index (χ1) is 7.22. The number of rotatable bonds is 2. The molecule has 15 heavy (non-hydrogen) atoms. The minimum Gasteiger partial charge on any atom is -0.478 e. The maximum Gasteiger partial charge on any atom is 0.337 e. The molecule has 0 bridgehead atoms. The Bertz CT molecular complexity index is 440. The topological polar surface area (TPSA) is 73.0 Å². The fraction of sp³-hybridized carbons (Fsp3) is 0.200. The van der Waals surface area contributed by atoms with Gasteiger partial charge in [0.1, 0.15) is 5.69 Å². The van der Waals surface area contributed by atoms with Crippen LogP contribution in [0.2, 0.25) is 0 Å². The third-order valence-electron chi connectivity index (χ3n) is 1.94. The van der Waals surface area contributed by atoms with E-state index in [9.17, 15) is 4.79 Å². The SMILES string of the molecule is CCOC1=Nc2cccc(C(=O)O)c2[N]1. The van der Waals surface area contributed by atoms with E-state index >= 15 is 0 Å². The second-order valence-electron chi connectivity index (χ2n) is 2.92. The maximum atomic E-state index is 10.9. The summed E-state index contributed by atoms with van der Waals surface area (Å²) in [7, 11) is 0. The van der Waals surface area contributed by atoms with Gasteiger partial charge in [-0.1, -0.05) is 6.07 Å². The molecule has 0 fully saturated rings. The predicted octanol–water partition coefficient (Wildman–Crippen LogP) is 1.66. The number of carbonyl (C=O) groups is 1. The van der Waals surface area contributed by atoms with E-state index in [0.29, 0.717) is 18.0 Å². The molecule has 1 heterocycles. The number of nitrogens with zero attached hydrogens (tertiary/aromatic N) is 2. The number of para-hydroxylation sites is 1. The number of carboxylic acid groups (broad SMARTS) is 1. The van der Waals surface area contributed by atoms with Gasteiger partial charge in [0, 0.05) is 0 Å². The van der Waals surface area contributed by atoms with Crippen molar-refractivity contribution in [3.05, 3.63) is 23.8 Å². The van der Waals surface area contributed by atoms with Gasteiger partial charge in [-0.3, -0.25) is 0 Å². The molecule has 77 valence electrons. The van der Waals surface area contributed by atoms with E-state index in [0.717, 1.165) is 0 Å². The Morgan fingerprint density at radius 3 is 3.00 bits per heavy atom. The largest absolute Gasteiger partial charge is 0.478 e. The van der Waals surface area contributed by atoms with Crippen molar-refractivity contribution in [3.63, 3.8) is 0 Å². The van der Waals surface area contributed by atoms with Crippen LogP contribution in [0.15, 0.2) is 23.2 Å². The van der Waals surface area contributed by atoms with Crippen LogP contribution < -0.4 is 5.32 Å². The van der Waals surface area contributed by atoms with Crippen molar-refractivity contribution in [1.82, 2.24) is 5.32 Å². The van der Waals surface area contributed by atoms with E-state index in [1.165, 1.54) is 6.07 Å². The van der Waals surface area contributed by atoms with Crippen LogP contribution in [0.1, 0.15) is 17.3 Å². The van der Waals surface area contributed by atoms with Crippen LogP contribution in [0.5, 0.6) is 0 Å². The molecule has 1 aromatic carbocycles. The molecule has 0 atom stereocenters. The summed E-state index contributed by atoms with van der Waals surface area (Å²) < 4.78 is 5.11. The summed E-state index contributed by atoms with van der Waals surface area (Å²) in [5, 5.41) is 12.9. The Kier molecular flexibility index (Phi) is 2.29. The van der Waals surface area contributed by atoms with Gasteiger partial charge in [0.15, 0.2) is 0 Å². The van der Waals surface area contributed by atoms with E-state index < -0.39 is 5.97 Å². The molecule has 5 nitrogen and oxygen atoms in total. The third-order valence-corrected chi connectivity index (χ3v) is 1.94. The van der Waals surface area contributed by atoms with Crippen molar-refractivity contribution in [2.24, 2.45) is 4.99 Å². The molecule has 0 spiro atoms. The van der Waals surface area contributed by atoms with Gasteiger partial charge in [-0.15, -0.1) is 0 Å². The molecule has 0 aromatic heterocycles. The highest BCUT2D eigenvalue weighted by molar-refractivity contribution is 6.02. The molecule has 5 heteroatoms. The van der Waals surface area contributed by atoms with Crippen LogP contribution in [0.25, 0.3) is 0 Å². The molecule has 1 aliphatic rings. The number of aromatic carboxylic acids is 1. The first kappa shape index (κ1) is 9.51. The molecule has 1 N–H and O–H groups in total. The summed E-state index contributed by atoms with van der Waals surface area (Å²) in [5.74, 6) is -1.01. The molecular weight excluding hydrogens is 196 g/mol. The van der Waals surface area contributed by atoms with Gasteiger partial charge in [-0.2, -0.15) is 10.3 Å². The van der Waals surface area contributed by atoms with E-state index in [4.69, 9.17) is 9.84 Å². The average molecular weight is 205 g/mol. The average Bonchev–Trinajstić information content (AvgIpc) is 2.59. The summed E-state index contributed by atoms with van der Waals surface area (Å²) in [5.41, 5.74) is 1.05. The van der Waals surface area contributed by atoms with E-state index in [2.05, 4.69) is 10.3 Å². The van der Waals surface area contributed by atoms with Gasteiger partial charge in [0.25, 0.3) is 0 Å². The molecule has 0 saturated carbocycles. The summed E-state index contributed by atoms with van der Waals surface area (Å²) in [4.78, 5) is 14.9. The number of fused-ring (bicyclic) bond motifs is 1. The zero-order valence-electron chi connectivity index (χ0n) is 8.10. The summed E-state index contributed by atoms with van der Waals surface area (Å²) in [6.07, 6.45) is 0. The lowest BCUT2D eigenvalue weighted by Crippen LogP contribution is -2.12. The van der Waals surface area contributed by atoms with Crippen LogP contribution in [0.3, 0.4) is 0 Å². The molecule has 0 unspecified atom stereocenters. The highest BCUT2D eigenvalue weighted by Crippen LogP contribution is 2.33. The number of amidine groups is 1. The van der Waals surface area contributed by atoms with Crippen LogP contribution in [0, 0.1) is 0 Å². The minimum absolute atomic E-state index is 0.144. The summed E-state index contributed by atoms with van der Waals surface area (Å²) in [6, 6.07) is 5.06. The standard InChI is InChI=1S/C10H9N2O3/c1-2-15-10-11-7-5-3-4-6(9(13)14)8(7)12-10/h3-5H,2H2,1H3,(H,13,14). The minimum atomic E-state index is -1.01. The van der Waals surface area contributed by atoms with Crippen molar-refractivity contribution in [2.75, 3.05) is 6.61 Å². The molecule has 1 aromatic rings. The van der Waals surface area contributed by atoms with Crippen LogP contribution >= 0.6 is 0 Å². The van der Waals surface area contributed by atoms with Crippen LogP contribution in [-0.2, 0) is 4.74 Å². The zero-order chi connectivity index (χ0) is 10.8. The van der Waals surface area contributed by atoms with E-state index in [1.54, 1.807) is 12.1 Å². The van der Waals surface area contributed by atoms with Crippen LogP contribution in [0.4, 0.5) is 11.4 Å². The van der Waals surface area contributed by atoms with Crippen molar-refractivity contribution in [2.45, 2.75) is 6.92 Å². The third kappa shape index (κ3) is 1.63. The molecule has 0 aliphatic carbocycles. The van der Waals surface area contributed by atoms with Gasteiger partial charge < -0.3 is 9.84 Å². The number of ether oxygens (including phenoxy) is 1. The van der Waals surface area contributed by atoms with Gasteiger partial charge in [0.2, 0.25) is 0 Å². The summed E-state index contributed by atoms with van der Waals surface area (Å²) >= 11 is 0. The van der Waals surface area contributed by atoms with Crippen molar-refractivity contribution < 1.29 is 14.6 Å². The fourth-order valence-electron chi connectivity index (χ4n) is 1.33. The summed E-state index contributed by atoms with van der Waals surface area (Å²) in [6.45, 7) is 2.28. The number of aliphatic imine (C=N–C) groups is 1.